The minimum absolute atomic E-state index is 1.25. The van der Waals surface area contributed by atoms with Crippen LogP contribution < -0.4 is 0 Å². The first kappa shape index (κ1) is 3.11. The molecule has 0 heteroatoms. The van der Waals surface area contributed by atoms with Crippen LogP contribution in [0.15, 0.2) is 0 Å². The van der Waals surface area contributed by atoms with E-state index in [-0.39, 0.29) is 0 Å². The van der Waals surface area contributed by atoms with Crippen molar-refractivity contribution in [2.45, 2.75) is 19.3 Å². The second-order valence-electron chi connectivity index (χ2n) is 3.47. The summed E-state index contributed by atoms with van der Waals surface area (Å²) in [5.74, 6) is 5.03. The van der Waals surface area contributed by atoms with Crippen molar-refractivity contribution in [3.05, 3.63) is 0 Å². The van der Waals surface area contributed by atoms with E-state index in [1.165, 1.54) is 23.7 Å². The van der Waals surface area contributed by atoms with Crippen LogP contribution in [0.5, 0.6) is 0 Å². The highest BCUT2D eigenvalue weighted by atomic mass is 14.7. The fourth-order valence-corrected chi connectivity index (χ4v) is 2.69. The SMILES string of the molecule is C1C[C@H]2[C@@H]1[C@H]1C[C@@H]21. The molecule has 7 heavy (non-hydrogen) atoms. The van der Waals surface area contributed by atoms with Gasteiger partial charge in [0.1, 0.15) is 0 Å². The average molecular weight is 94.2 g/mol. The largest absolute Gasteiger partial charge is 0.0496 e. The van der Waals surface area contributed by atoms with Crippen molar-refractivity contribution in [3.8, 4) is 0 Å². The molecule has 0 aliphatic heterocycles. The van der Waals surface area contributed by atoms with Gasteiger partial charge in [0.25, 0.3) is 0 Å². The van der Waals surface area contributed by atoms with Crippen molar-refractivity contribution in [1.29, 1.82) is 0 Å². The highest BCUT2D eigenvalue weighted by Gasteiger charge is 2.64. The number of fused-ring (bicyclic) bond motifs is 4. The molecule has 3 aliphatic carbocycles. The molecule has 38 valence electrons. The molecule has 0 spiro atoms. The Labute approximate surface area is 43.9 Å². The van der Waals surface area contributed by atoms with E-state index in [2.05, 4.69) is 0 Å². The zero-order valence-corrected chi connectivity index (χ0v) is 4.43. The van der Waals surface area contributed by atoms with Crippen LogP contribution in [-0.4, -0.2) is 0 Å². The van der Waals surface area contributed by atoms with Gasteiger partial charge in [0.05, 0.1) is 0 Å². The first-order valence-electron chi connectivity index (χ1n) is 3.47. The average Bonchev–Trinajstić information content (AvgIpc) is 2.14. The Hall–Kier alpha value is 0. The summed E-state index contributed by atoms with van der Waals surface area (Å²) < 4.78 is 0. The zero-order chi connectivity index (χ0) is 4.43. The molecule has 0 radical (unpaired) electrons. The summed E-state index contributed by atoms with van der Waals surface area (Å²) in [6.07, 6.45) is 4.80. The van der Waals surface area contributed by atoms with E-state index in [0.29, 0.717) is 0 Å². The first-order valence-corrected chi connectivity index (χ1v) is 3.47. The van der Waals surface area contributed by atoms with Crippen molar-refractivity contribution >= 4 is 0 Å². The third-order valence-corrected chi connectivity index (χ3v) is 3.37. The maximum absolute atomic E-state index is 1.62. The topological polar surface area (TPSA) is 0 Å². The molecule has 0 amide bonds. The standard InChI is InChI=1S/C7H10/c1-2-5-4(1)6-3-7(5)6/h4-7H,1-3H2/t4-,5+,6-,7+. The van der Waals surface area contributed by atoms with Crippen LogP contribution >= 0.6 is 0 Å². The predicted octanol–water partition coefficient (Wildman–Crippen LogP) is 1.66. The van der Waals surface area contributed by atoms with Crippen molar-refractivity contribution in [3.63, 3.8) is 0 Å². The summed E-state index contributed by atoms with van der Waals surface area (Å²) in [6.45, 7) is 0. The minimum Gasteiger partial charge on any atom is -0.0496 e. The van der Waals surface area contributed by atoms with Crippen LogP contribution in [0.2, 0.25) is 0 Å². The molecule has 3 aliphatic rings. The van der Waals surface area contributed by atoms with Crippen LogP contribution in [0.1, 0.15) is 19.3 Å². The van der Waals surface area contributed by atoms with Crippen LogP contribution in [0.3, 0.4) is 0 Å². The van der Waals surface area contributed by atoms with Gasteiger partial charge in [0, 0.05) is 0 Å². The van der Waals surface area contributed by atoms with E-state index in [9.17, 15) is 0 Å². The molecule has 0 bridgehead atoms. The van der Waals surface area contributed by atoms with Gasteiger partial charge in [0.2, 0.25) is 0 Å². The third kappa shape index (κ3) is 0.181. The van der Waals surface area contributed by atoms with E-state index >= 15 is 0 Å². The molecule has 3 saturated carbocycles. The molecular formula is C7H10. The molecule has 0 nitrogen and oxygen atoms in total. The molecule has 0 N–H and O–H groups in total. The lowest BCUT2D eigenvalue weighted by atomic mass is 9.60. The van der Waals surface area contributed by atoms with Gasteiger partial charge in [-0.05, 0) is 42.9 Å². The van der Waals surface area contributed by atoms with Gasteiger partial charge in [-0.3, -0.25) is 0 Å². The van der Waals surface area contributed by atoms with E-state index in [4.69, 9.17) is 0 Å². The monoisotopic (exact) mass is 94.1 g/mol. The van der Waals surface area contributed by atoms with Crippen molar-refractivity contribution < 1.29 is 0 Å². The molecule has 0 heterocycles. The fourth-order valence-electron chi connectivity index (χ4n) is 2.69. The van der Waals surface area contributed by atoms with Crippen molar-refractivity contribution in [2.24, 2.45) is 23.7 Å². The molecule has 3 rings (SSSR count). The lowest BCUT2D eigenvalue weighted by Crippen LogP contribution is -2.38. The number of hydrogen-bond donors (Lipinski definition) is 0. The van der Waals surface area contributed by atoms with E-state index in [0.717, 1.165) is 0 Å². The highest BCUT2D eigenvalue weighted by Crippen LogP contribution is 2.71. The maximum atomic E-state index is 1.62. The number of rotatable bonds is 0. The summed E-state index contributed by atoms with van der Waals surface area (Å²) in [7, 11) is 0. The summed E-state index contributed by atoms with van der Waals surface area (Å²) >= 11 is 0. The van der Waals surface area contributed by atoms with E-state index in [1.54, 1.807) is 19.3 Å². The van der Waals surface area contributed by atoms with Crippen LogP contribution in [0.4, 0.5) is 0 Å². The summed E-state index contributed by atoms with van der Waals surface area (Å²) in [4.78, 5) is 0. The predicted molar refractivity (Wildman–Crippen MR) is 27.8 cm³/mol. The smallest absolute Gasteiger partial charge is 0.0349 e. The Morgan fingerprint density at radius 3 is 1.57 bits per heavy atom. The molecule has 4 atom stereocenters. The maximum Gasteiger partial charge on any atom is -0.0349 e. The number of hydrogen-bond acceptors (Lipinski definition) is 0. The minimum atomic E-state index is 1.25. The second-order valence-corrected chi connectivity index (χ2v) is 3.47. The van der Waals surface area contributed by atoms with Crippen LogP contribution in [0.25, 0.3) is 0 Å². The molecule has 0 saturated heterocycles. The van der Waals surface area contributed by atoms with Crippen molar-refractivity contribution in [2.75, 3.05) is 0 Å². The van der Waals surface area contributed by atoms with Gasteiger partial charge < -0.3 is 0 Å². The lowest BCUT2D eigenvalue weighted by Gasteiger charge is -2.45. The Bertz CT molecular complexity index is 103. The van der Waals surface area contributed by atoms with Gasteiger partial charge in [-0.25, -0.2) is 0 Å². The third-order valence-electron chi connectivity index (χ3n) is 3.37. The second kappa shape index (κ2) is 0.667. The zero-order valence-electron chi connectivity index (χ0n) is 4.43. The molecule has 0 aromatic heterocycles. The van der Waals surface area contributed by atoms with Gasteiger partial charge in [-0.1, -0.05) is 0 Å². The van der Waals surface area contributed by atoms with Crippen LogP contribution in [0, 0.1) is 23.7 Å². The van der Waals surface area contributed by atoms with E-state index in [1.807, 2.05) is 0 Å². The summed E-state index contributed by atoms with van der Waals surface area (Å²) in [5.41, 5.74) is 0. The Kier molecular flexibility index (Phi) is 0.296. The van der Waals surface area contributed by atoms with Crippen LogP contribution in [-0.2, 0) is 0 Å². The fraction of sp³-hybridized carbons (Fsp3) is 1.00. The Morgan fingerprint density at radius 2 is 1.29 bits per heavy atom. The summed E-state index contributed by atoms with van der Waals surface area (Å²) in [5, 5.41) is 0. The lowest BCUT2D eigenvalue weighted by molar-refractivity contribution is 0.0372. The molecule has 3 fully saturated rings. The van der Waals surface area contributed by atoms with Gasteiger partial charge in [0.15, 0.2) is 0 Å². The molecule has 0 aromatic rings. The summed E-state index contributed by atoms with van der Waals surface area (Å²) in [6, 6.07) is 0. The highest BCUT2D eigenvalue weighted by molar-refractivity contribution is 5.13. The molecule has 0 aromatic carbocycles. The van der Waals surface area contributed by atoms with Gasteiger partial charge in [-0.2, -0.15) is 0 Å². The molecule has 0 unspecified atom stereocenters. The van der Waals surface area contributed by atoms with E-state index < -0.39 is 0 Å². The Morgan fingerprint density at radius 1 is 0.714 bits per heavy atom. The van der Waals surface area contributed by atoms with Crippen molar-refractivity contribution in [1.82, 2.24) is 0 Å². The normalized spacial score (nSPS) is 72.0. The van der Waals surface area contributed by atoms with Gasteiger partial charge >= 0.3 is 0 Å². The quantitative estimate of drug-likeness (QED) is 0.428. The molecular weight excluding hydrogens is 84.1 g/mol. The first-order chi connectivity index (χ1) is 3.47. The van der Waals surface area contributed by atoms with Gasteiger partial charge in [-0.15, -0.1) is 0 Å². The Balaban J connectivity index is 1.98.